The fourth-order valence-electron chi connectivity index (χ4n) is 2.88. The topological polar surface area (TPSA) is 114 Å². The zero-order chi connectivity index (χ0) is 21.1. The number of benzene rings is 1. The SMILES string of the molecule is CCc1ccc(-c2nc(CC(=O)Nc3nc(-c4c[nH]c(C(N)=O)c4)cs3)cs2)cc1. The summed E-state index contributed by atoms with van der Waals surface area (Å²) in [6.07, 6.45) is 2.83. The highest BCUT2D eigenvalue weighted by Crippen LogP contribution is 2.27. The predicted octanol–water partition coefficient (Wildman–Crippen LogP) is 4.10. The van der Waals surface area contributed by atoms with Crippen molar-refractivity contribution in [3.05, 3.63) is 64.2 Å². The van der Waals surface area contributed by atoms with E-state index in [0.717, 1.165) is 28.2 Å². The Labute approximate surface area is 181 Å². The van der Waals surface area contributed by atoms with Crippen molar-refractivity contribution < 1.29 is 9.59 Å². The van der Waals surface area contributed by atoms with Crippen LogP contribution in [0.5, 0.6) is 0 Å². The first-order chi connectivity index (χ1) is 14.5. The zero-order valence-electron chi connectivity index (χ0n) is 16.1. The van der Waals surface area contributed by atoms with Crippen molar-refractivity contribution in [2.24, 2.45) is 5.73 Å². The Bertz CT molecular complexity index is 1190. The van der Waals surface area contributed by atoms with Gasteiger partial charge in [0, 0.05) is 28.1 Å². The van der Waals surface area contributed by atoms with E-state index in [2.05, 4.69) is 51.5 Å². The minimum Gasteiger partial charge on any atom is -0.364 e. The van der Waals surface area contributed by atoms with E-state index in [1.165, 1.54) is 28.2 Å². The summed E-state index contributed by atoms with van der Waals surface area (Å²) in [6, 6.07) is 9.94. The highest BCUT2D eigenvalue weighted by molar-refractivity contribution is 7.14. The van der Waals surface area contributed by atoms with Gasteiger partial charge in [0.05, 0.1) is 17.8 Å². The Balaban J connectivity index is 1.38. The van der Waals surface area contributed by atoms with Gasteiger partial charge in [-0.25, -0.2) is 9.97 Å². The first-order valence-corrected chi connectivity index (χ1v) is 11.1. The number of carbonyl (C=O) groups excluding carboxylic acids is 2. The van der Waals surface area contributed by atoms with Gasteiger partial charge >= 0.3 is 0 Å². The number of H-pyrrole nitrogens is 1. The van der Waals surface area contributed by atoms with Crippen LogP contribution in [0.4, 0.5) is 5.13 Å². The van der Waals surface area contributed by atoms with Crippen molar-refractivity contribution in [2.45, 2.75) is 19.8 Å². The van der Waals surface area contributed by atoms with Gasteiger partial charge in [0.15, 0.2) is 5.13 Å². The number of primary amides is 1. The third-order valence-corrected chi connectivity index (χ3v) is 6.20. The highest BCUT2D eigenvalue weighted by Gasteiger charge is 2.13. The number of nitrogens with two attached hydrogens (primary N) is 1. The maximum absolute atomic E-state index is 12.4. The standard InChI is InChI=1S/C21H19N5O2S2/c1-2-12-3-5-13(6-4-12)20-24-15(10-29-20)8-18(27)26-21-25-17(11-30-21)14-7-16(19(22)28)23-9-14/h3-7,9-11,23H,2,8H2,1H3,(H2,22,28)(H,25,26,27). The number of hydrogen-bond acceptors (Lipinski definition) is 6. The molecule has 3 aromatic heterocycles. The van der Waals surface area contributed by atoms with Crippen LogP contribution in [0, 0.1) is 0 Å². The van der Waals surface area contributed by atoms with Gasteiger partial charge in [-0.05, 0) is 18.1 Å². The lowest BCUT2D eigenvalue weighted by molar-refractivity contribution is -0.115. The average Bonchev–Trinajstić information content (AvgIpc) is 3.48. The van der Waals surface area contributed by atoms with Crippen LogP contribution in [-0.4, -0.2) is 26.8 Å². The lowest BCUT2D eigenvalue weighted by atomic mass is 10.1. The average molecular weight is 438 g/mol. The number of thiazole rings is 2. The largest absolute Gasteiger partial charge is 0.364 e. The molecule has 4 aromatic rings. The number of amides is 2. The summed E-state index contributed by atoms with van der Waals surface area (Å²) in [4.78, 5) is 35.4. The molecular formula is C21H19N5O2S2. The number of nitrogens with zero attached hydrogens (tertiary/aromatic N) is 2. The molecule has 0 radical (unpaired) electrons. The van der Waals surface area contributed by atoms with Gasteiger partial charge in [-0.3, -0.25) is 9.59 Å². The van der Waals surface area contributed by atoms with Gasteiger partial charge in [0.1, 0.15) is 10.7 Å². The van der Waals surface area contributed by atoms with Gasteiger partial charge in [0.25, 0.3) is 5.91 Å². The van der Waals surface area contributed by atoms with E-state index < -0.39 is 5.91 Å². The molecule has 0 bridgehead atoms. The summed E-state index contributed by atoms with van der Waals surface area (Å²) in [7, 11) is 0. The third-order valence-electron chi connectivity index (χ3n) is 4.50. The van der Waals surface area contributed by atoms with E-state index in [9.17, 15) is 9.59 Å². The second-order valence-electron chi connectivity index (χ2n) is 6.62. The van der Waals surface area contributed by atoms with Crippen molar-refractivity contribution in [3.8, 4) is 21.8 Å². The van der Waals surface area contributed by atoms with Crippen LogP contribution in [0.2, 0.25) is 0 Å². The van der Waals surface area contributed by atoms with Gasteiger partial charge in [-0.1, -0.05) is 31.2 Å². The van der Waals surface area contributed by atoms with E-state index in [1.54, 1.807) is 12.3 Å². The van der Waals surface area contributed by atoms with E-state index >= 15 is 0 Å². The molecule has 0 aliphatic rings. The van der Waals surface area contributed by atoms with Gasteiger partial charge in [0.2, 0.25) is 5.91 Å². The van der Waals surface area contributed by atoms with Crippen molar-refractivity contribution >= 4 is 39.6 Å². The Morgan fingerprint density at radius 2 is 1.90 bits per heavy atom. The van der Waals surface area contributed by atoms with E-state index in [1.807, 2.05) is 10.8 Å². The van der Waals surface area contributed by atoms with Crippen LogP contribution in [0.25, 0.3) is 21.8 Å². The maximum atomic E-state index is 12.4. The van der Waals surface area contributed by atoms with Crippen LogP contribution in [0.3, 0.4) is 0 Å². The maximum Gasteiger partial charge on any atom is 0.265 e. The van der Waals surface area contributed by atoms with E-state index in [0.29, 0.717) is 16.5 Å². The minimum atomic E-state index is -0.533. The second kappa shape index (κ2) is 8.60. The molecule has 9 heteroatoms. The summed E-state index contributed by atoms with van der Waals surface area (Å²) in [5.74, 6) is -0.713. The van der Waals surface area contributed by atoms with E-state index in [4.69, 9.17) is 5.73 Å². The lowest BCUT2D eigenvalue weighted by Gasteiger charge is -2.00. The number of rotatable bonds is 7. The molecular weight excluding hydrogens is 418 g/mol. The molecule has 2 amide bonds. The monoisotopic (exact) mass is 437 g/mol. The van der Waals surface area contributed by atoms with Crippen molar-refractivity contribution in [2.75, 3.05) is 5.32 Å². The minimum absolute atomic E-state index is 0.175. The zero-order valence-corrected chi connectivity index (χ0v) is 17.8. The molecule has 4 rings (SSSR count). The molecule has 0 spiro atoms. The van der Waals surface area contributed by atoms with Gasteiger partial charge < -0.3 is 16.0 Å². The fraction of sp³-hybridized carbons (Fsp3) is 0.143. The van der Waals surface area contributed by atoms with Crippen LogP contribution in [0.15, 0.2) is 47.3 Å². The van der Waals surface area contributed by atoms with Crippen LogP contribution >= 0.6 is 22.7 Å². The van der Waals surface area contributed by atoms with Crippen molar-refractivity contribution in [1.29, 1.82) is 0 Å². The molecule has 152 valence electrons. The first kappa shape index (κ1) is 20.0. The highest BCUT2D eigenvalue weighted by atomic mass is 32.1. The number of anilines is 1. The first-order valence-electron chi connectivity index (χ1n) is 9.29. The van der Waals surface area contributed by atoms with Crippen molar-refractivity contribution in [1.82, 2.24) is 15.0 Å². The molecule has 1 aromatic carbocycles. The molecule has 0 fully saturated rings. The van der Waals surface area contributed by atoms with Crippen LogP contribution < -0.4 is 11.1 Å². The second-order valence-corrected chi connectivity index (χ2v) is 8.34. The number of aryl methyl sites for hydroxylation is 1. The molecule has 7 nitrogen and oxygen atoms in total. The number of aromatic nitrogens is 3. The van der Waals surface area contributed by atoms with Crippen LogP contribution in [-0.2, 0) is 17.6 Å². The summed E-state index contributed by atoms with van der Waals surface area (Å²) < 4.78 is 0. The number of hydrogen-bond donors (Lipinski definition) is 3. The summed E-state index contributed by atoms with van der Waals surface area (Å²) >= 11 is 2.84. The Kier molecular flexibility index (Phi) is 5.73. The molecule has 0 saturated heterocycles. The molecule has 0 unspecified atom stereocenters. The van der Waals surface area contributed by atoms with Gasteiger partial charge in [-0.15, -0.1) is 22.7 Å². The molecule has 0 saturated carbocycles. The Morgan fingerprint density at radius 1 is 1.10 bits per heavy atom. The summed E-state index contributed by atoms with van der Waals surface area (Å²) in [5.41, 5.74) is 10.0. The fourth-order valence-corrected chi connectivity index (χ4v) is 4.44. The number of nitrogens with one attached hydrogen (secondary N) is 2. The van der Waals surface area contributed by atoms with Crippen LogP contribution in [0.1, 0.15) is 28.7 Å². The molecule has 0 aliphatic heterocycles. The molecule has 4 N–H and O–H groups in total. The molecule has 3 heterocycles. The Hall–Kier alpha value is -3.30. The summed E-state index contributed by atoms with van der Waals surface area (Å²) in [6.45, 7) is 2.12. The quantitative estimate of drug-likeness (QED) is 0.404. The molecule has 30 heavy (non-hydrogen) atoms. The van der Waals surface area contributed by atoms with Crippen molar-refractivity contribution in [3.63, 3.8) is 0 Å². The molecule has 0 aliphatic carbocycles. The summed E-state index contributed by atoms with van der Waals surface area (Å²) in [5, 5.41) is 7.91. The van der Waals surface area contributed by atoms with E-state index in [-0.39, 0.29) is 12.3 Å². The normalized spacial score (nSPS) is 10.8. The predicted molar refractivity (Wildman–Crippen MR) is 120 cm³/mol. The number of carbonyl (C=O) groups is 2. The third kappa shape index (κ3) is 4.47. The van der Waals surface area contributed by atoms with Gasteiger partial charge in [-0.2, -0.15) is 0 Å². The number of aromatic amines is 1. The molecule has 0 atom stereocenters. The lowest BCUT2D eigenvalue weighted by Crippen LogP contribution is -2.14. The smallest absolute Gasteiger partial charge is 0.265 e. The Morgan fingerprint density at radius 3 is 2.60 bits per heavy atom.